The first-order valence-corrected chi connectivity index (χ1v) is 4.52. The first-order chi connectivity index (χ1) is 6.79. The predicted molar refractivity (Wildman–Crippen MR) is 61.7 cm³/mol. The van der Waals surface area contributed by atoms with Gasteiger partial charge in [0.05, 0.1) is 5.69 Å². The molecule has 0 bridgehead atoms. The van der Waals surface area contributed by atoms with Crippen molar-refractivity contribution in [2.24, 2.45) is 10.7 Å². The highest BCUT2D eigenvalue weighted by Crippen LogP contribution is 2.13. The van der Waals surface area contributed by atoms with E-state index < -0.39 is 0 Å². The minimum Gasteiger partial charge on any atom is -0.397 e. The fourth-order valence-electron chi connectivity index (χ4n) is 1.06. The molecular weight excluding hydrogens is 176 g/mol. The highest BCUT2D eigenvalue weighted by atomic mass is 14.8. The van der Waals surface area contributed by atoms with Crippen molar-refractivity contribution in [2.75, 3.05) is 19.8 Å². The van der Waals surface area contributed by atoms with Gasteiger partial charge in [-0.05, 0) is 25.1 Å². The van der Waals surface area contributed by atoms with Crippen LogP contribution in [-0.4, -0.2) is 25.3 Å². The number of rotatable bonds is 2. The number of nitrogen functional groups attached to an aromatic ring is 1. The van der Waals surface area contributed by atoms with Gasteiger partial charge in [0, 0.05) is 19.5 Å². The fourth-order valence-corrected chi connectivity index (χ4v) is 1.06. The van der Waals surface area contributed by atoms with Crippen LogP contribution in [0.4, 0.5) is 5.69 Å². The summed E-state index contributed by atoms with van der Waals surface area (Å²) in [6.07, 6.45) is 4.36. The monoisotopic (exact) mass is 194 g/mol. The largest absolute Gasteiger partial charge is 0.397 e. The van der Waals surface area contributed by atoms with E-state index in [0.717, 1.165) is 23.4 Å². The summed E-state index contributed by atoms with van der Waals surface area (Å²) in [7, 11) is 3.21. The molecule has 0 radical (unpaired) electrons. The molecule has 0 amide bonds. The maximum absolute atomic E-state index is 5.83. The summed E-state index contributed by atoms with van der Waals surface area (Å²) in [6, 6.07) is 1.93. The van der Waals surface area contributed by atoms with Crippen molar-refractivity contribution in [3.05, 3.63) is 23.5 Å². The maximum atomic E-state index is 5.83. The lowest BCUT2D eigenvalue weighted by Gasteiger charge is -2.03. The molecule has 4 N–H and O–H groups in total. The highest BCUT2D eigenvalue weighted by Gasteiger charge is 2.01. The quantitative estimate of drug-likeness (QED) is 0.685. The lowest BCUT2D eigenvalue weighted by Crippen LogP contribution is -2.00. The van der Waals surface area contributed by atoms with Gasteiger partial charge in [-0.2, -0.15) is 0 Å². The third-order valence-electron chi connectivity index (χ3n) is 1.74. The molecule has 1 aromatic heterocycles. The standard InChI is InChI=1S/C9H13N3.CH5N/c1-3-7-4-5-12-8(6-11-2)9(7)10;1-2/h4-6H,3,10H2,1-2H3;2H2,1H3. The van der Waals surface area contributed by atoms with Crippen molar-refractivity contribution in [2.45, 2.75) is 13.3 Å². The van der Waals surface area contributed by atoms with Crippen LogP contribution < -0.4 is 11.5 Å². The molecule has 1 aromatic rings. The number of hydrogen-bond acceptors (Lipinski definition) is 4. The number of pyridine rings is 1. The molecule has 0 spiro atoms. The van der Waals surface area contributed by atoms with Crippen LogP contribution in [0.5, 0.6) is 0 Å². The van der Waals surface area contributed by atoms with Crippen molar-refractivity contribution in [1.29, 1.82) is 0 Å². The molecule has 0 saturated heterocycles. The molecule has 0 fully saturated rings. The normalized spacial score (nSPS) is 9.71. The van der Waals surface area contributed by atoms with Crippen molar-refractivity contribution in [3.8, 4) is 0 Å². The minimum atomic E-state index is 0.741. The molecule has 4 heteroatoms. The molecule has 0 atom stereocenters. The molecule has 78 valence electrons. The molecule has 14 heavy (non-hydrogen) atoms. The molecule has 0 aliphatic rings. The summed E-state index contributed by atoms with van der Waals surface area (Å²) in [4.78, 5) is 7.98. The SMILES string of the molecule is CCc1ccnc(C=NC)c1N.CN. The van der Waals surface area contributed by atoms with E-state index in [4.69, 9.17) is 5.73 Å². The zero-order valence-electron chi connectivity index (χ0n) is 8.99. The topological polar surface area (TPSA) is 77.3 Å². The van der Waals surface area contributed by atoms with Crippen molar-refractivity contribution < 1.29 is 0 Å². The number of aliphatic imine (C=N–C) groups is 1. The fraction of sp³-hybridized carbons (Fsp3) is 0.400. The van der Waals surface area contributed by atoms with Crippen molar-refractivity contribution in [3.63, 3.8) is 0 Å². The third kappa shape index (κ3) is 3.14. The molecule has 4 nitrogen and oxygen atoms in total. The van der Waals surface area contributed by atoms with E-state index in [1.807, 2.05) is 6.07 Å². The van der Waals surface area contributed by atoms with Gasteiger partial charge in [-0.3, -0.25) is 9.98 Å². The molecule has 0 saturated carbocycles. The average Bonchev–Trinajstić information content (AvgIpc) is 2.24. The first kappa shape index (κ1) is 12.6. The minimum absolute atomic E-state index is 0.741. The van der Waals surface area contributed by atoms with E-state index in [-0.39, 0.29) is 0 Å². The van der Waals surface area contributed by atoms with Crippen LogP contribution in [0, 0.1) is 0 Å². The summed E-state index contributed by atoms with van der Waals surface area (Å²) in [5.74, 6) is 0. The van der Waals surface area contributed by atoms with Gasteiger partial charge in [-0.1, -0.05) is 6.92 Å². The second kappa shape index (κ2) is 7.03. The predicted octanol–water partition coefficient (Wildman–Crippen LogP) is 0.850. The van der Waals surface area contributed by atoms with Gasteiger partial charge in [0.25, 0.3) is 0 Å². The number of aryl methyl sites for hydroxylation is 1. The van der Waals surface area contributed by atoms with Crippen LogP contribution in [0.15, 0.2) is 17.3 Å². The number of nitrogens with zero attached hydrogens (tertiary/aromatic N) is 2. The second-order valence-corrected chi connectivity index (χ2v) is 2.51. The van der Waals surface area contributed by atoms with Gasteiger partial charge >= 0.3 is 0 Å². The van der Waals surface area contributed by atoms with Crippen molar-refractivity contribution in [1.82, 2.24) is 4.98 Å². The van der Waals surface area contributed by atoms with Gasteiger partial charge in [0.1, 0.15) is 5.69 Å². The highest BCUT2D eigenvalue weighted by molar-refractivity contribution is 5.85. The first-order valence-electron chi connectivity index (χ1n) is 4.52. The van der Waals surface area contributed by atoms with Crippen LogP contribution in [0.2, 0.25) is 0 Å². The zero-order chi connectivity index (χ0) is 11.0. The van der Waals surface area contributed by atoms with E-state index >= 15 is 0 Å². The molecule has 0 aliphatic carbocycles. The molecule has 0 aliphatic heterocycles. The van der Waals surface area contributed by atoms with E-state index in [0.29, 0.717) is 0 Å². The molecule has 0 aromatic carbocycles. The summed E-state index contributed by atoms with van der Waals surface area (Å²) in [5, 5.41) is 0. The Bertz CT molecular complexity index is 294. The molecular formula is C10H18N4. The molecule has 1 rings (SSSR count). The average molecular weight is 194 g/mol. The van der Waals surface area contributed by atoms with Crippen LogP contribution in [-0.2, 0) is 6.42 Å². The number of aromatic nitrogens is 1. The summed E-state index contributed by atoms with van der Waals surface area (Å²) in [5.41, 5.74) is 13.0. The van der Waals surface area contributed by atoms with Gasteiger partial charge in [0.15, 0.2) is 0 Å². The Morgan fingerprint density at radius 2 is 2.14 bits per heavy atom. The Kier molecular flexibility index (Phi) is 6.32. The molecule has 1 heterocycles. The van der Waals surface area contributed by atoms with E-state index in [1.54, 1.807) is 19.5 Å². The summed E-state index contributed by atoms with van der Waals surface area (Å²) in [6.45, 7) is 2.07. The lowest BCUT2D eigenvalue weighted by atomic mass is 10.1. The Labute approximate surface area is 85.1 Å². The third-order valence-corrected chi connectivity index (χ3v) is 1.74. The van der Waals surface area contributed by atoms with Crippen LogP contribution in [0.1, 0.15) is 18.2 Å². The zero-order valence-corrected chi connectivity index (χ0v) is 8.99. The van der Waals surface area contributed by atoms with E-state index in [2.05, 4.69) is 22.6 Å². The van der Waals surface area contributed by atoms with Gasteiger partial charge in [0.2, 0.25) is 0 Å². The lowest BCUT2D eigenvalue weighted by molar-refractivity contribution is 1.12. The van der Waals surface area contributed by atoms with Gasteiger partial charge in [-0.15, -0.1) is 0 Å². The number of anilines is 1. The Balaban J connectivity index is 0.000000791. The van der Waals surface area contributed by atoms with Crippen LogP contribution in [0.3, 0.4) is 0 Å². The van der Waals surface area contributed by atoms with E-state index in [1.165, 1.54) is 7.05 Å². The Morgan fingerprint density at radius 1 is 1.50 bits per heavy atom. The molecule has 0 unspecified atom stereocenters. The Hall–Kier alpha value is -1.42. The van der Waals surface area contributed by atoms with Gasteiger partial charge < -0.3 is 11.5 Å². The van der Waals surface area contributed by atoms with E-state index in [9.17, 15) is 0 Å². The summed E-state index contributed by atoms with van der Waals surface area (Å²) < 4.78 is 0. The second-order valence-electron chi connectivity index (χ2n) is 2.51. The van der Waals surface area contributed by atoms with Crippen LogP contribution >= 0.6 is 0 Å². The smallest absolute Gasteiger partial charge is 0.104 e. The summed E-state index contributed by atoms with van der Waals surface area (Å²) >= 11 is 0. The maximum Gasteiger partial charge on any atom is 0.104 e. The number of nitrogens with two attached hydrogens (primary N) is 2. The Morgan fingerprint density at radius 3 is 2.64 bits per heavy atom. The van der Waals surface area contributed by atoms with Crippen molar-refractivity contribution >= 4 is 11.9 Å². The van der Waals surface area contributed by atoms with Crippen LogP contribution in [0.25, 0.3) is 0 Å². The van der Waals surface area contributed by atoms with Gasteiger partial charge in [-0.25, -0.2) is 0 Å². The number of hydrogen-bond donors (Lipinski definition) is 2.